The number of thiazole rings is 1. The summed E-state index contributed by atoms with van der Waals surface area (Å²) < 4.78 is 13.0. The van der Waals surface area contributed by atoms with Crippen molar-refractivity contribution < 1.29 is 4.39 Å². The monoisotopic (exact) mass is 244 g/mol. The lowest BCUT2D eigenvalue weighted by molar-refractivity contribution is 0.627. The number of rotatable bonds is 2. The summed E-state index contributed by atoms with van der Waals surface area (Å²) in [6.45, 7) is 1.87. The van der Waals surface area contributed by atoms with Crippen LogP contribution < -0.4 is 0 Å². The van der Waals surface area contributed by atoms with Gasteiger partial charge in [-0.25, -0.2) is 9.37 Å². The highest BCUT2D eigenvalue weighted by atomic mass is 32.1. The summed E-state index contributed by atoms with van der Waals surface area (Å²) in [5.74, 6) is -0.314. The van der Waals surface area contributed by atoms with E-state index in [0.717, 1.165) is 5.69 Å². The standard InChI is InChI=1S/C13H9FN2S/c1-9-8-17-13(16-9)11(7-15)5-10-3-2-4-12(14)6-10/h2-6,8H,1H3/b11-5+. The summed E-state index contributed by atoms with van der Waals surface area (Å²) in [6, 6.07) is 8.21. The van der Waals surface area contributed by atoms with E-state index in [0.29, 0.717) is 16.1 Å². The van der Waals surface area contributed by atoms with Gasteiger partial charge >= 0.3 is 0 Å². The smallest absolute Gasteiger partial charge is 0.134 e. The van der Waals surface area contributed by atoms with Gasteiger partial charge in [-0.15, -0.1) is 11.3 Å². The number of hydrogen-bond donors (Lipinski definition) is 0. The van der Waals surface area contributed by atoms with Crippen molar-refractivity contribution in [2.45, 2.75) is 6.92 Å². The first kappa shape index (κ1) is 11.5. The molecule has 0 aliphatic carbocycles. The van der Waals surface area contributed by atoms with Gasteiger partial charge in [0.25, 0.3) is 0 Å². The van der Waals surface area contributed by atoms with Gasteiger partial charge in [0, 0.05) is 11.1 Å². The van der Waals surface area contributed by atoms with Gasteiger partial charge in [0.2, 0.25) is 0 Å². The first-order valence-electron chi connectivity index (χ1n) is 4.99. The molecule has 17 heavy (non-hydrogen) atoms. The Kier molecular flexibility index (Phi) is 3.31. The summed E-state index contributed by atoms with van der Waals surface area (Å²) >= 11 is 1.41. The van der Waals surface area contributed by atoms with Crippen LogP contribution in [0.1, 0.15) is 16.3 Å². The summed E-state index contributed by atoms with van der Waals surface area (Å²) in [5, 5.41) is 11.6. The summed E-state index contributed by atoms with van der Waals surface area (Å²) in [6.07, 6.45) is 1.64. The molecule has 0 atom stereocenters. The van der Waals surface area contributed by atoms with Crippen LogP contribution in [0.2, 0.25) is 0 Å². The van der Waals surface area contributed by atoms with Crippen LogP contribution in [0.3, 0.4) is 0 Å². The van der Waals surface area contributed by atoms with E-state index in [1.165, 1.54) is 23.5 Å². The SMILES string of the molecule is Cc1csc(/C(C#N)=C/c2cccc(F)c2)n1. The molecule has 1 aromatic heterocycles. The molecule has 1 heterocycles. The Hall–Kier alpha value is -1.99. The van der Waals surface area contributed by atoms with Crippen molar-refractivity contribution in [3.8, 4) is 6.07 Å². The fraction of sp³-hybridized carbons (Fsp3) is 0.0769. The van der Waals surface area contributed by atoms with Crippen molar-refractivity contribution in [3.05, 3.63) is 51.7 Å². The molecule has 2 aromatic rings. The van der Waals surface area contributed by atoms with Gasteiger partial charge < -0.3 is 0 Å². The van der Waals surface area contributed by atoms with E-state index in [-0.39, 0.29) is 5.82 Å². The highest BCUT2D eigenvalue weighted by Crippen LogP contribution is 2.21. The van der Waals surface area contributed by atoms with E-state index >= 15 is 0 Å². The van der Waals surface area contributed by atoms with Crippen LogP contribution in [0.5, 0.6) is 0 Å². The molecule has 2 nitrogen and oxygen atoms in total. The minimum Gasteiger partial charge on any atom is -0.241 e. The van der Waals surface area contributed by atoms with E-state index in [9.17, 15) is 4.39 Å². The van der Waals surface area contributed by atoms with Gasteiger partial charge in [-0.1, -0.05) is 12.1 Å². The number of allylic oxidation sites excluding steroid dienone is 1. The van der Waals surface area contributed by atoms with Crippen LogP contribution in [-0.2, 0) is 0 Å². The molecular weight excluding hydrogens is 235 g/mol. The maximum absolute atomic E-state index is 13.0. The average Bonchev–Trinajstić information content (AvgIpc) is 2.73. The molecule has 0 N–H and O–H groups in total. The summed E-state index contributed by atoms with van der Waals surface area (Å²) in [4.78, 5) is 4.23. The van der Waals surface area contributed by atoms with Gasteiger partial charge in [-0.05, 0) is 30.7 Å². The molecule has 1 aromatic carbocycles. The van der Waals surface area contributed by atoms with Crippen molar-refractivity contribution in [1.29, 1.82) is 5.26 Å². The molecule has 84 valence electrons. The Labute approximate surface area is 103 Å². The molecular formula is C13H9FN2S. The molecule has 0 spiro atoms. The van der Waals surface area contributed by atoms with Crippen LogP contribution in [0.4, 0.5) is 4.39 Å². The summed E-state index contributed by atoms with van der Waals surface area (Å²) in [5.41, 5.74) is 1.99. The van der Waals surface area contributed by atoms with E-state index in [1.807, 2.05) is 12.3 Å². The second-order valence-corrected chi connectivity index (χ2v) is 4.38. The molecule has 4 heteroatoms. The number of nitrogens with zero attached hydrogens (tertiary/aromatic N) is 2. The maximum atomic E-state index is 13.0. The molecule has 0 fully saturated rings. The van der Waals surface area contributed by atoms with Crippen molar-refractivity contribution in [3.63, 3.8) is 0 Å². The predicted octanol–water partition coefficient (Wildman–Crippen LogP) is 3.65. The zero-order valence-electron chi connectivity index (χ0n) is 9.14. The molecule has 0 radical (unpaired) electrons. The molecule has 0 saturated heterocycles. The van der Waals surface area contributed by atoms with Crippen molar-refractivity contribution in [2.24, 2.45) is 0 Å². The number of halogens is 1. The minimum absolute atomic E-state index is 0.314. The molecule has 0 bridgehead atoms. The van der Waals surface area contributed by atoms with E-state index in [4.69, 9.17) is 5.26 Å². The first-order valence-corrected chi connectivity index (χ1v) is 5.87. The van der Waals surface area contributed by atoms with Crippen LogP contribution in [0, 0.1) is 24.1 Å². The maximum Gasteiger partial charge on any atom is 0.134 e. The Balaban J connectivity index is 2.40. The molecule has 0 saturated carbocycles. The lowest BCUT2D eigenvalue weighted by Crippen LogP contribution is -1.82. The highest BCUT2D eigenvalue weighted by Gasteiger charge is 2.05. The number of aryl methyl sites for hydroxylation is 1. The third-order valence-electron chi connectivity index (χ3n) is 2.13. The predicted molar refractivity (Wildman–Crippen MR) is 66.7 cm³/mol. The highest BCUT2D eigenvalue weighted by molar-refractivity contribution is 7.11. The van der Waals surface area contributed by atoms with Gasteiger partial charge in [0.1, 0.15) is 16.9 Å². The molecule has 2 rings (SSSR count). The fourth-order valence-corrected chi connectivity index (χ4v) is 2.15. The largest absolute Gasteiger partial charge is 0.241 e. The second-order valence-electron chi connectivity index (χ2n) is 3.52. The topological polar surface area (TPSA) is 36.7 Å². The zero-order valence-corrected chi connectivity index (χ0v) is 9.96. The zero-order chi connectivity index (χ0) is 12.3. The molecule has 0 unspecified atom stereocenters. The number of benzene rings is 1. The third kappa shape index (κ3) is 2.77. The third-order valence-corrected chi connectivity index (χ3v) is 3.12. The number of nitriles is 1. The van der Waals surface area contributed by atoms with E-state index in [2.05, 4.69) is 11.1 Å². The first-order chi connectivity index (χ1) is 8.19. The van der Waals surface area contributed by atoms with Gasteiger partial charge in [0.15, 0.2) is 0 Å². The number of hydrogen-bond acceptors (Lipinski definition) is 3. The molecule has 0 aliphatic heterocycles. The number of aromatic nitrogens is 1. The van der Waals surface area contributed by atoms with Crippen LogP contribution in [0.25, 0.3) is 11.6 Å². The second kappa shape index (κ2) is 4.89. The Morgan fingerprint density at radius 1 is 1.53 bits per heavy atom. The van der Waals surface area contributed by atoms with Crippen molar-refractivity contribution >= 4 is 23.0 Å². The normalized spacial score (nSPS) is 11.2. The average molecular weight is 244 g/mol. The fourth-order valence-electron chi connectivity index (χ4n) is 1.38. The Morgan fingerprint density at radius 3 is 2.94 bits per heavy atom. The molecule has 0 amide bonds. The minimum atomic E-state index is -0.314. The van der Waals surface area contributed by atoms with Crippen LogP contribution in [-0.4, -0.2) is 4.98 Å². The van der Waals surface area contributed by atoms with Crippen molar-refractivity contribution in [2.75, 3.05) is 0 Å². The van der Waals surface area contributed by atoms with Gasteiger partial charge in [-0.3, -0.25) is 0 Å². The van der Waals surface area contributed by atoms with Crippen LogP contribution in [0.15, 0.2) is 29.6 Å². The quantitative estimate of drug-likeness (QED) is 0.756. The van der Waals surface area contributed by atoms with E-state index in [1.54, 1.807) is 18.2 Å². The molecule has 0 aliphatic rings. The summed E-state index contributed by atoms with van der Waals surface area (Å²) in [7, 11) is 0. The lowest BCUT2D eigenvalue weighted by atomic mass is 10.1. The van der Waals surface area contributed by atoms with Crippen LogP contribution >= 0.6 is 11.3 Å². The van der Waals surface area contributed by atoms with Gasteiger partial charge in [-0.2, -0.15) is 5.26 Å². The Morgan fingerprint density at radius 2 is 2.35 bits per heavy atom. The van der Waals surface area contributed by atoms with E-state index < -0.39 is 0 Å². The Bertz CT molecular complexity index is 608. The van der Waals surface area contributed by atoms with Crippen molar-refractivity contribution in [1.82, 2.24) is 4.98 Å². The lowest BCUT2D eigenvalue weighted by Gasteiger charge is -1.95. The van der Waals surface area contributed by atoms with Gasteiger partial charge in [0.05, 0.1) is 5.57 Å².